The molecule has 0 aliphatic rings. The van der Waals surface area contributed by atoms with Gasteiger partial charge in [0.25, 0.3) is 0 Å². The van der Waals surface area contributed by atoms with Crippen molar-refractivity contribution >= 4 is 12.6 Å². The van der Waals surface area contributed by atoms with E-state index < -0.39 is 0 Å². The summed E-state index contributed by atoms with van der Waals surface area (Å²) in [6, 6.07) is 14.5. The van der Waals surface area contributed by atoms with Gasteiger partial charge in [-0.25, -0.2) is 0 Å². The van der Waals surface area contributed by atoms with Crippen LogP contribution >= 0.6 is 0 Å². The molecule has 0 amide bonds. The smallest absolute Gasteiger partial charge is 0.204 e. The first kappa shape index (κ1) is 22.7. The monoisotopic (exact) mass is 436 g/mol. The van der Waals surface area contributed by atoms with Crippen LogP contribution in [-0.2, 0) is 6.61 Å². The van der Waals surface area contributed by atoms with Crippen LogP contribution in [0.5, 0.6) is 28.7 Å². The molecule has 7 nitrogen and oxygen atoms in total. The molecule has 7 heteroatoms. The van der Waals surface area contributed by atoms with Crippen molar-refractivity contribution in [1.82, 2.24) is 0 Å². The molecule has 0 heterocycles. The van der Waals surface area contributed by atoms with Crippen molar-refractivity contribution < 1.29 is 33.3 Å². The lowest BCUT2D eigenvalue weighted by molar-refractivity contribution is 0.111. The van der Waals surface area contributed by atoms with E-state index in [-0.39, 0.29) is 23.7 Å². The molecule has 0 aliphatic heterocycles. The summed E-state index contributed by atoms with van der Waals surface area (Å²) in [6.45, 7) is 0.271. The van der Waals surface area contributed by atoms with Gasteiger partial charge in [0.15, 0.2) is 35.6 Å². The number of carbonyl (C=O) groups excluding carboxylic acids is 2. The molecule has 0 bridgehead atoms. The fraction of sp³-hybridized carbons (Fsp3) is 0.200. The van der Waals surface area contributed by atoms with Crippen molar-refractivity contribution in [2.24, 2.45) is 0 Å². The molecule has 3 aromatic carbocycles. The van der Waals surface area contributed by atoms with Gasteiger partial charge in [-0.05, 0) is 29.3 Å². The summed E-state index contributed by atoms with van der Waals surface area (Å²) in [4.78, 5) is 24.0. The molecule has 32 heavy (non-hydrogen) atoms. The Labute approximate surface area is 186 Å². The maximum Gasteiger partial charge on any atom is 0.204 e. The van der Waals surface area contributed by atoms with Crippen LogP contribution < -0.4 is 23.7 Å². The number of aldehydes is 2. The highest BCUT2D eigenvalue weighted by atomic mass is 16.5. The van der Waals surface area contributed by atoms with E-state index in [0.29, 0.717) is 46.5 Å². The zero-order valence-electron chi connectivity index (χ0n) is 18.3. The number of hydrogen-bond donors (Lipinski definition) is 0. The van der Waals surface area contributed by atoms with Gasteiger partial charge >= 0.3 is 0 Å². The average Bonchev–Trinajstić information content (AvgIpc) is 2.85. The second-order valence-corrected chi connectivity index (χ2v) is 6.71. The van der Waals surface area contributed by atoms with Gasteiger partial charge in [-0.2, -0.15) is 0 Å². The largest absolute Gasteiger partial charge is 0.493 e. The van der Waals surface area contributed by atoms with Crippen LogP contribution in [0.2, 0.25) is 0 Å². The Bertz CT molecular complexity index is 1110. The summed E-state index contributed by atoms with van der Waals surface area (Å²) < 4.78 is 27.7. The fourth-order valence-electron chi connectivity index (χ4n) is 3.43. The number of carbonyl (C=O) groups is 2. The quantitative estimate of drug-likeness (QED) is 0.430. The summed E-state index contributed by atoms with van der Waals surface area (Å²) in [6.07, 6.45) is 1.34. The minimum atomic E-state index is 0.203. The molecule has 166 valence electrons. The van der Waals surface area contributed by atoms with Crippen LogP contribution in [0.1, 0.15) is 26.3 Å². The molecular weight excluding hydrogens is 412 g/mol. The summed E-state index contributed by atoms with van der Waals surface area (Å²) in [7, 11) is 5.88. The van der Waals surface area contributed by atoms with Crippen molar-refractivity contribution in [3.8, 4) is 39.9 Å². The van der Waals surface area contributed by atoms with Crippen LogP contribution in [-0.4, -0.2) is 41.0 Å². The lowest BCUT2D eigenvalue weighted by atomic mass is 9.94. The van der Waals surface area contributed by atoms with Crippen LogP contribution in [0.15, 0.2) is 48.5 Å². The predicted octanol–water partition coefficient (Wildman–Crippen LogP) is 4.59. The van der Waals surface area contributed by atoms with Crippen molar-refractivity contribution in [3.05, 3.63) is 65.2 Å². The second-order valence-electron chi connectivity index (χ2n) is 6.71. The highest BCUT2D eigenvalue weighted by molar-refractivity contribution is 5.99. The first-order valence-corrected chi connectivity index (χ1v) is 9.74. The molecule has 0 N–H and O–H groups in total. The van der Waals surface area contributed by atoms with Gasteiger partial charge in [0.2, 0.25) is 5.75 Å². The zero-order chi connectivity index (χ0) is 23.1. The van der Waals surface area contributed by atoms with Crippen molar-refractivity contribution in [3.63, 3.8) is 0 Å². The molecule has 0 spiro atoms. The number of hydrogen-bond acceptors (Lipinski definition) is 7. The molecule has 3 aromatic rings. The van der Waals surface area contributed by atoms with Gasteiger partial charge in [0.05, 0.1) is 34.0 Å². The fourth-order valence-corrected chi connectivity index (χ4v) is 3.43. The molecule has 0 fully saturated rings. The van der Waals surface area contributed by atoms with Crippen LogP contribution in [0.25, 0.3) is 11.1 Å². The molecule has 3 rings (SSSR count). The topological polar surface area (TPSA) is 80.3 Å². The van der Waals surface area contributed by atoms with Crippen molar-refractivity contribution in [1.29, 1.82) is 0 Å². The average molecular weight is 436 g/mol. The molecule has 0 saturated carbocycles. The van der Waals surface area contributed by atoms with Gasteiger partial charge < -0.3 is 23.7 Å². The van der Waals surface area contributed by atoms with E-state index in [9.17, 15) is 9.59 Å². The minimum Gasteiger partial charge on any atom is -0.493 e. The third kappa shape index (κ3) is 4.37. The van der Waals surface area contributed by atoms with Gasteiger partial charge in [-0.3, -0.25) is 9.59 Å². The third-order valence-corrected chi connectivity index (χ3v) is 4.98. The Kier molecular flexibility index (Phi) is 7.33. The van der Waals surface area contributed by atoms with Crippen LogP contribution in [0.4, 0.5) is 0 Å². The molecule has 0 unspecified atom stereocenters. The second kappa shape index (κ2) is 10.3. The molecule has 0 saturated heterocycles. The van der Waals surface area contributed by atoms with Gasteiger partial charge in [-0.15, -0.1) is 0 Å². The highest BCUT2D eigenvalue weighted by Gasteiger charge is 2.24. The van der Waals surface area contributed by atoms with Gasteiger partial charge in [0, 0.05) is 11.1 Å². The maximum atomic E-state index is 12.1. The molecule has 0 atom stereocenters. The van der Waals surface area contributed by atoms with Crippen LogP contribution in [0, 0.1) is 0 Å². The van der Waals surface area contributed by atoms with E-state index in [0.717, 1.165) is 5.56 Å². The van der Waals surface area contributed by atoms with Crippen LogP contribution in [0.3, 0.4) is 0 Å². The summed E-state index contributed by atoms with van der Waals surface area (Å²) in [5, 5.41) is 0. The van der Waals surface area contributed by atoms with Gasteiger partial charge in [0.1, 0.15) is 6.61 Å². The zero-order valence-corrected chi connectivity index (χ0v) is 18.3. The predicted molar refractivity (Wildman–Crippen MR) is 120 cm³/mol. The lowest BCUT2D eigenvalue weighted by Gasteiger charge is -2.20. The Hall–Kier alpha value is -4.00. The molecule has 0 radical (unpaired) electrons. The Morgan fingerprint density at radius 3 is 1.88 bits per heavy atom. The standard InChI is InChI=1S/C25H24O7/c1-28-21-10-17(13-26)18(11-22(21)29-2)19-12-23(32-15-16-8-6-5-7-9-16)25(31-4)24(30-3)20(19)14-27/h5-14H,15H2,1-4H3. The molecule has 0 aliphatic carbocycles. The van der Waals surface area contributed by atoms with E-state index in [1.54, 1.807) is 18.2 Å². The van der Waals surface area contributed by atoms with E-state index in [2.05, 4.69) is 0 Å². The van der Waals surface area contributed by atoms with Crippen molar-refractivity contribution in [2.45, 2.75) is 6.61 Å². The normalized spacial score (nSPS) is 10.2. The minimum absolute atomic E-state index is 0.203. The number of rotatable bonds is 10. The van der Waals surface area contributed by atoms with E-state index in [1.807, 2.05) is 30.3 Å². The Morgan fingerprint density at radius 2 is 1.31 bits per heavy atom. The van der Waals surface area contributed by atoms with E-state index in [4.69, 9.17) is 23.7 Å². The number of benzene rings is 3. The first-order valence-electron chi connectivity index (χ1n) is 9.74. The molecule has 0 aromatic heterocycles. The van der Waals surface area contributed by atoms with Crippen molar-refractivity contribution in [2.75, 3.05) is 28.4 Å². The van der Waals surface area contributed by atoms with E-state index in [1.165, 1.54) is 28.4 Å². The highest BCUT2D eigenvalue weighted by Crippen LogP contribution is 2.46. The Morgan fingerprint density at radius 1 is 0.688 bits per heavy atom. The third-order valence-electron chi connectivity index (χ3n) is 4.98. The maximum absolute atomic E-state index is 12.1. The van der Waals surface area contributed by atoms with Gasteiger partial charge in [-0.1, -0.05) is 30.3 Å². The molecular formula is C25H24O7. The SMILES string of the molecule is COc1cc(C=O)c(-c2cc(OCc3ccccc3)c(OC)c(OC)c2C=O)cc1OC. The first-order chi connectivity index (χ1) is 15.6. The Balaban J connectivity index is 2.23. The summed E-state index contributed by atoms with van der Waals surface area (Å²) >= 11 is 0. The lowest BCUT2D eigenvalue weighted by Crippen LogP contribution is -2.04. The number of methoxy groups -OCH3 is 4. The summed E-state index contributed by atoms with van der Waals surface area (Å²) in [5.41, 5.74) is 2.38. The summed E-state index contributed by atoms with van der Waals surface area (Å²) in [5.74, 6) is 1.65. The number of ether oxygens (including phenoxy) is 5. The van der Waals surface area contributed by atoms with E-state index >= 15 is 0 Å².